The van der Waals surface area contributed by atoms with Gasteiger partial charge < -0.3 is 20.0 Å². The van der Waals surface area contributed by atoms with Gasteiger partial charge in [-0.05, 0) is 30.4 Å². The summed E-state index contributed by atoms with van der Waals surface area (Å²) < 4.78 is 20.4. The van der Waals surface area contributed by atoms with Crippen molar-refractivity contribution in [1.82, 2.24) is 9.55 Å². The van der Waals surface area contributed by atoms with Crippen LogP contribution in [-0.2, 0) is 16.1 Å². The van der Waals surface area contributed by atoms with E-state index in [-0.39, 0.29) is 12.4 Å². The Hall–Kier alpha value is -1.73. The highest BCUT2D eigenvalue weighted by molar-refractivity contribution is 7.71. The largest absolute Gasteiger partial charge is 0.370 e. The van der Waals surface area contributed by atoms with Gasteiger partial charge in [0.1, 0.15) is 12.4 Å². The second kappa shape index (κ2) is 5.28. The average molecular weight is 269 g/mol. The number of nitrogens with two attached hydrogens (primary N) is 1. The van der Waals surface area contributed by atoms with E-state index in [2.05, 4.69) is 4.98 Å². The van der Waals surface area contributed by atoms with Crippen LogP contribution in [0.3, 0.4) is 0 Å². The third kappa shape index (κ3) is 2.74. The Morgan fingerprint density at radius 2 is 2.33 bits per heavy atom. The maximum atomic E-state index is 13.0. The molecule has 1 amide bonds. The lowest BCUT2D eigenvalue weighted by molar-refractivity contribution is -0.122. The fourth-order valence-corrected chi connectivity index (χ4v) is 1.99. The maximum Gasteiger partial charge on any atom is 0.243 e. The van der Waals surface area contributed by atoms with Crippen LogP contribution in [0.4, 0.5) is 4.39 Å². The molecule has 18 heavy (non-hydrogen) atoms. The SMILES string of the molecule is NC(=O)COCCn1c(=S)[nH]c2cc(F)ccc21. The van der Waals surface area contributed by atoms with E-state index in [9.17, 15) is 9.18 Å². The number of benzene rings is 1. The number of amides is 1. The van der Waals surface area contributed by atoms with Gasteiger partial charge in [-0.2, -0.15) is 0 Å². The van der Waals surface area contributed by atoms with Gasteiger partial charge in [0, 0.05) is 6.54 Å². The Bertz CT molecular complexity index is 635. The Labute approximate surface area is 107 Å². The number of nitrogens with one attached hydrogen (secondary N) is 1. The quantitative estimate of drug-likeness (QED) is 0.635. The maximum absolute atomic E-state index is 13.0. The van der Waals surface area contributed by atoms with Crippen LogP contribution in [0.1, 0.15) is 0 Å². The molecule has 2 aromatic rings. The van der Waals surface area contributed by atoms with Crippen molar-refractivity contribution in [3.05, 3.63) is 28.8 Å². The smallest absolute Gasteiger partial charge is 0.243 e. The number of hydrogen-bond acceptors (Lipinski definition) is 3. The summed E-state index contributed by atoms with van der Waals surface area (Å²) in [5, 5.41) is 0. The first-order chi connectivity index (χ1) is 8.58. The van der Waals surface area contributed by atoms with Crippen molar-refractivity contribution in [3.63, 3.8) is 0 Å². The fraction of sp³-hybridized carbons (Fsp3) is 0.273. The predicted molar refractivity (Wildman–Crippen MR) is 67.1 cm³/mol. The van der Waals surface area contributed by atoms with Crippen LogP contribution in [0, 0.1) is 10.6 Å². The lowest BCUT2D eigenvalue weighted by atomic mass is 10.3. The molecule has 5 nitrogen and oxygen atoms in total. The molecule has 0 saturated heterocycles. The second-order valence-electron chi connectivity index (χ2n) is 3.76. The highest BCUT2D eigenvalue weighted by Crippen LogP contribution is 2.15. The first-order valence-corrected chi connectivity index (χ1v) is 5.73. The third-order valence-corrected chi connectivity index (χ3v) is 2.76. The van der Waals surface area contributed by atoms with Crippen LogP contribution >= 0.6 is 12.2 Å². The highest BCUT2D eigenvalue weighted by Gasteiger charge is 2.05. The number of primary amides is 1. The molecule has 0 saturated carbocycles. The van der Waals surface area contributed by atoms with Crippen LogP contribution in [-0.4, -0.2) is 28.7 Å². The van der Waals surface area contributed by atoms with Gasteiger partial charge >= 0.3 is 0 Å². The van der Waals surface area contributed by atoms with E-state index in [0.717, 1.165) is 5.52 Å². The van der Waals surface area contributed by atoms with Gasteiger partial charge in [-0.3, -0.25) is 4.79 Å². The van der Waals surface area contributed by atoms with Gasteiger partial charge in [0.05, 0.1) is 17.6 Å². The number of imidazole rings is 1. The average Bonchev–Trinajstić information content (AvgIpc) is 2.59. The molecule has 7 heteroatoms. The number of fused-ring (bicyclic) bond motifs is 1. The Kier molecular flexibility index (Phi) is 3.73. The van der Waals surface area contributed by atoms with Crippen molar-refractivity contribution in [3.8, 4) is 0 Å². The molecule has 2 rings (SSSR count). The zero-order valence-electron chi connectivity index (χ0n) is 9.48. The topological polar surface area (TPSA) is 73.0 Å². The number of halogens is 1. The van der Waals surface area contributed by atoms with E-state index in [0.29, 0.717) is 23.4 Å². The number of aromatic nitrogens is 2. The molecule has 96 valence electrons. The van der Waals surface area contributed by atoms with Crippen molar-refractivity contribution in [2.75, 3.05) is 13.2 Å². The van der Waals surface area contributed by atoms with Crippen LogP contribution < -0.4 is 5.73 Å². The van der Waals surface area contributed by atoms with Crippen molar-refractivity contribution < 1.29 is 13.9 Å². The molecular formula is C11H12FN3O2S. The predicted octanol–water partition coefficient (Wildman–Crippen LogP) is 1.34. The van der Waals surface area contributed by atoms with E-state index in [4.69, 9.17) is 22.7 Å². The van der Waals surface area contributed by atoms with Gasteiger partial charge in [0.25, 0.3) is 0 Å². The first-order valence-electron chi connectivity index (χ1n) is 5.32. The van der Waals surface area contributed by atoms with Crippen molar-refractivity contribution in [1.29, 1.82) is 0 Å². The summed E-state index contributed by atoms with van der Waals surface area (Å²) >= 11 is 5.14. The molecule has 0 aliphatic carbocycles. The van der Waals surface area contributed by atoms with Gasteiger partial charge in [-0.1, -0.05) is 0 Å². The number of carbonyl (C=O) groups excluding carboxylic acids is 1. The molecule has 1 aromatic carbocycles. The molecular weight excluding hydrogens is 257 g/mol. The molecule has 0 bridgehead atoms. The van der Waals surface area contributed by atoms with Crippen LogP contribution in [0.15, 0.2) is 18.2 Å². The molecule has 0 radical (unpaired) electrons. The summed E-state index contributed by atoms with van der Waals surface area (Å²) in [5.41, 5.74) is 6.38. The number of aromatic amines is 1. The standard InChI is InChI=1S/C11H12FN3O2S/c12-7-1-2-9-8(5-7)14-11(18)15(9)3-4-17-6-10(13)16/h1-2,5H,3-4,6H2,(H2,13,16)(H,14,18). The number of hydrogen-bond donors (Lipinski definition) is 2. The van der Waals surface area contributed by atoms with Crippen molar-refractivity contribution in [2.45, 2.75) is 6.54 Å². The number of rotatable bonds is 5. The number of nitrogens with zero attached hydrogens (tertiary/aromatic N) is 1. The summed E-state index contributed by atoms with van der Waals surface area (Å²) in [4.78, 5) is 13.4. The van der Waals surface area contributed by atoms with Crippen molar-refractivity contribution >= 4 is 29.2 Å². The number of carbonyl (C=O) groups is 1. The van der Waals surface area contributed by atoms with E-state index < -0.39 is 5.91 Å². The van der Waals surface area contributed by atoms with Gasteiger partial charge in [0.15, 0.2) is 4.77 Å². The molecule has 1 heterocycles. The summed E-state index contributed by atoms with van der Waals surface area (Å²) in [6.07, 6.45) is 0. The van der Waals surface area contributed by atoms with Crippen LogP contribution in [0.5, 0.6) is 0 Å². The molecule has 0 unspecified atom stereocenters. The fourth-order valence-electron chi connectivity index (χ4n) is 1.69. The molecule has 0 fully saturated rings. The normalized spacial score (nSPS) is 10.9. The Balaban J connectivity index is 2.15. The van der Waals surface area contributed by atoms with E-state index in [1.165, 1.54) is 12.1 Å². The third-order valence-electron chi connectivity index (χ3n) is 2.44. The van der Waals surface area contributed by atoms with E-state index >= 15 is 0 Å². The molecule has 0 aliphatic rings. The minimum atomic E-state index is -0.514. The Morgan fingerprint density at radius 1 is 1.56 bits per heavy atom. The molecule has 1 aromatic heterocycles. The Morgan fingerprint density at radius 3 is 3.06 bits per heavy atom. The minimum absolute atomic E-state index is 0.121. The second-order valence-corrected chi connectivity index (χ2v) is 4.15. The van der Waals surface area contributed by atoms with Gasteiger partial charge in [-0.25, -0.2) is 4.39 Å². The van der Waals surface area contributed by atoms with E-state index in [1.54, 1.807) is 10.6 Å². The summed E-state index contributed by atoms with van der Waals surface area (Å²) in [6.45, 7) is 0.656. The zero-order valence-corrected chi connectivity index (χ0v) is 10.3. The molecule has 3 N–H and O–H groups in total. The lowest BCUT2D eigenvalue weighted by Crippen LogP contribution is -2.19. The first kappa shape index (κ1) is 12.7. The molecule has 0 aliphatic heterocycles. The van der Waals surface area contributed by atoms with Crippen molar-refractivity contribution in [2.24, 2.45) is 5.73 Å². The molecule has 0 atom stereocenters. The van der Waals surface area contributed by atoms with Crippen LogP contribution in [0.2, 0.25) is 0 Å². The zero-order chi connectivity index (χ0) is 13.1. The monoisotopic (exact) mass is 269 g/mol. The lowest BCUT2D eigenvalue weighted by Gasteiger charge is -2.04. The minimum Gasteiger partial charge on any atom is -0.370 e. The van der Waals surface area contributed by atoms with E-state index in [1.807, 2.05) is 0 Å². The summed E-state index contributed by atoms with van der Waals surface area (Å²) in [7, 11) is 0. The highest BCUT2D eigenvalue weighted by atomic mass is 32.1. The number of H-pyrrole nitrogens is 1. The summed E-state index contributed by atoms with van der Waals surface area (Å²) in [5.74, 6) is -0.838. The summed E-state index contributed by atoms with van der Waals surface area (Å²) in [6, 6.07) is 4.39. The van der Waals surface area contributed by atoms with Crippen LogP contribution in [0.25, 0.3) is 11.0 Å². The van der Waals surface area contributed by atoms with Gasteiger partial charge in [-0.15, -0.1) is 0 Å². The number of ether oxygens (including phenoxy) is 1. The molecule has 0 spiro atoms. The van der Waals surface area contributed by atoms with Gasteiger partial charge in [0.2, 0.25) is 5.91 Å².